The summed E-state index contributed by atoms with van der Waals surface area (Å²) in [6.07, 6.45) is -14.6. The molecule has 2 fully saturated rings. The van der Waals surface area contributed by atoms with Crippen molar-refractivity contribution in [2.75, 3.05) is 13.2 Å². The van der Waals surface area contributed by atoms with Crippen molar-refractivity contribution in [1.82, 2.24) is 0 Å². The molecule has 2 aromatic carbocycles. The zero-order valence-corrected chi connectivity index (χ0v) is 32.8. The monoisotopic (exact) mass is 820 g/mol. The van der Waals surface area contributed by atoms with Gasteiger partial charge in [0.1, 0.15) is 36.9 Å². The first-order chi connectivity index (χ1) is 27.3. The maximum Gasteiger partial charge on any atom is 0.303 e. The van der Waals surface area contributed by atoms with Crippen LogP contribution in [0.3, 0.4) is 0 Å². The number of rotatable bonds is 14. The van der Waals surface area contributed by atoms with E-state index >= 15 is 0 Å². The van der Waals surface area contributed by atoms with Gasteiger partial charge in [0.15, 0.2) is 24.4 Å². The first kappa shape index (κ1) is 44.7. The fraction of sp³-hybridized carbons (Fsp3) is 0.526. The second-order valence-electron chi connectivity index (χ2n) is 13.0. The third kappa shape index (κ3) is 12.0. The van der Waals surface area contributed by atoms with Crippen LogP contribution in [-0.4, -0.2) is 122 Å². The van der Waals surface area contributed by atoms with E-state index in [0.29, 0.717) is 10.8 Å². The third-order valence-corrected chi connectivity index (χ3v) is 8.23. The zero-order chi connectivity index (χ0) is 42.8. The molecule has 2 aromatic rings. The Hall–Kier alpha value is -6.02. The van der Waals surface area contributed by atoms with Crippen LogP contribution in [0.25, 0.3) is 10.8 Å². The molecule has 0 unspecified atom stereocenters. The summed E-state index contributed by atoms with van der Waals surface area (Å²) < 4.78 is 68.0. The van der Waals surface area contributed by atoms with E-state index in [0.717, 1.165) is 55.4 Å². The van der Waals surface area contributed by atoms with E-state index in [2.05, 4.69) is 0 Å². The molecule has 20 nitrogen and oxygen atoms in total. The summed E-state index contributed by atoms with van der Waals surface area (Å²) in [6, 6.07) is 9.40. The Morgan fingerprint density at radius 3 is 1.00 bits per heavy atom. The Morgan fingerprint density at radius 2 is 0.707 bits per heavy atom. The number of hydrogen-bond acceptors (Lipinski definition) is 20. The van der Waals surface area contributed by atoms with E-state index in [1.54, 1.807) is 24.3 Å². The van der Waals surface area contributed by atoms with Crippen LogP contribution >= 0.6 is 0 Å². The highest BCUT2D eigenvalue weighted by Gasteiger charge is 2.55. The molecule has 20 heteroatoms. The first-order valence-electron chi connectivity index (χ1n) is 17.8. The number of esters is 8. The molecule has 0 radical (unpaired) electrons. The van der Waals surface area contributed by atoms with Gasteiger partial charge < -0.3 is 56.8 Å². The van der Waals surface area contributed by atoms with Crippen LogP contribution in [0.1, 0.15) is 55.4 Å². The van der Waals surface area contributed by atoms with Crippen LogP contribution in [0, 0.1) is 0 Å². The zero-order valence-electron chi connectivity index (χ0n) is 32.8. The molecule has 316 valence electrons. The second-order valence-corrected chi connectivity index (χ2v) is 13.0. The maximum atomic E-state index is 12.4. The molecule has 2 aliphatic rings. The van der Waals surface area contributed by atoms with Crippen molar-refractivity contribution >= 4 is 58.5 Å². The van der Waals surface area contributed by atoms with Gasteiger partial charge in [-0.05, 0) is 12.1 Å². The molecule has 58 heavy (non-hydrogen) atoms. The Kier molecular flexibility index (Phi) is 15.3. The van der Waals surface area contributed by atoms with Crippen molar-refractivity contribution in [3.05, 3.63) is 36.4 Å². The Morgan fingerprint density at radius 1 is 0.414 bits per heavy atom. The van der Waals surface area contributed by atoms with Gasteiger partial charge in [0.2, 0.25) is 24.8 Å². The number of hydrogen-bond donors (Lipinski definition) is 0. The van der Waals surface area contributed by atoms with Gasteiger partial charge in [-0.25, -0.2) is 0 Å². The van der Waals surface area contributed by atoms with Crippen molar-refractivity contribution in [3.8, 4) is 11.5 Å². The predicted octanol–water partition coefficient (Wildman–Crippen LogP) is 1.76. The number of carbonyl (C=O) groups excluding carboxylic acids is 8. The van der Waals surface area contributed by atoms with E-state index < -0.39 is 122 Å². The average Bonchev–Trinajstić information content (AvgIpc) is 3.11. The Labute approximate surface area is 331 Å². The lowest BCUT2D eigenvalue weighted by Crippen LogP contribution is -2.63. The number of fused-ring (bicyclic) bond motifs is 1. The SMILES string of the molecule is CC(=O)OC[C@H]1O[C@@H](Oc2ccc(O[C@@H]3O[C@H](COC(C)=O)[C@@H](OC(C)=O)[C@H](OC(C)=O)[C@H]3OC(C)=O)c3ccccc23)[C@H](OC(C)=O)[C@@H](OC(C)=O)[C@@H]1OC(C)=O. The third-order valence-electron chi connectivity index (χ3n) is 8.23. The van der Waals surface area contributed by atoms with Gasteiger partial charge in [0.05, 0.1) is 0 Å². The lowest BCUT2D eigenvalue weighted by Gasteiger charge is -2.44. The molecular weight excluding hydrogens is 776 g/mol. The van der Waals surface area contributed by atoms with Gasteiger partial charge in [0.25, 0.3) is 0 Å². The van der Waals surface area contributed by atoms with Crippen molar-refractivity contribution in [3.63, 3.8) is 0 Å². The normalized spacial score (nSPS) is 26.5. The summed E-state index contributed by atoms with van der Waals surface area (Å²) in [5, 5.41) is 0.692. The minimum atomic E-state index is -1.57. The second kappa shape index (κ2) is 19.9. The largest absolute Gasteiger partial charge is 0.463 e. The van der Waals surface area contributed by atoms with Crippen molar-refractivity contribution in [2.45, 2.75) is 117 Å². The molecule has 0 amide bonds. The molecule has 0 bridgehead atoms. The van der Waals surface area contributed by atoms with Gasteiger partial charge >= 0.3 is 47.8 Å². The summed E-state index contributed by atoms with van der Waals surface area (Å²) in [5.74, 6) is -6.18. The highest BCUT2D eigenvalue weighted by molar-refractivity contribution is 5.93. The standard InChI is InChI=1S/C38H44O20/c1-17(39)47-15-29-31(49-19(3)41)33(51-21(5)43)35(53-23(7)45)37(57-29)55-27-13-14-28(26-12-10-9-11-25(26)27)56-38-36(54-24(8)46)34(52-22(6)44)32(50-20(4)42)30(58-38)16-48-18(2)40/h9-14,29-38H,15-16H2,1-8H3/t29-,30-,31-,32-,33+,34+,35-,36-,37-,38-/m1/s1. The van der Waals surface area contributed by atoms with E-state index in [-0.39, 0.29) is 11.5 Å². The lowest BCUT2D eigenvalue weighted by molar-refractivity contribution is -0.288. The summed E-state index contributed by atoms with van der Waals surface area (Å²) >= 11 is 0. The summed E-state index contributed by atoms with van der Waals surface area (Å²) in [6.45, 7) is 7.83. The fourth-order valence-corrected chi connectivity index (χ4v) is 6.27. The van der Waals surface area contributed by atoms with Gasteiger partial charge in [-0.2, -0.15) is 0 Å². The summed E-state index contributed by atoms with van der Waals surface area (Å²) in [7, 11) is 0. The molecule has 0 N–H and O–H groups in total. The molecule has 2 saturated heterocycles. The quantitative estimate of drug-likeness (QED) is 0.195. The van der Waals surface area contributed by atoms with Gasteiger partial charge in [-0.1, -0.05) is 24.3 Å². The molecule has 0 aliphatic carbocycles. The van der Waals surface area contributed by atoms with Crippen LogP contribution in [-0.2, 0) is 85.7 Å². The number of benzene rings is 2. The molecular formula is C38H44O20. The average molecular weight is 821 g/mol. The summed E-state index contributed by atoms with van der Waals surface area (Å²) in [5.41, 5.74) is 0. The van der Waals surface area contributed by atoms with Crippen LogP contribution in [0.4, 0.5) is 0 Å². The highest BCUT2D eigenvalue weighted by Crippen LogP contribution is 2.39. The van der Waals surface area contributed by atoms with Crippen LogP contribution in [0.15, 0.2) is 36.4 Å². The molecule has 2 heterocycles. The lowest BCUT2D eigenvalue weighted by atomic mass is 9.97. The van der Waals surface area contributed by atoms with E-state index in [1.807, 2.05) is 0 Å². The van der Waals surface area contributed by atoms with Crippen LogP contribution in [0.2, 0.25) is 0 Å². The van der Waals surface area contributed by atoms with Crippen molar-refractivity contribution < 1.29 is 95.2 Å². The van der Waals surface area contributed by atoms with Crippen LogP contribution < -0.4 is 9.47 Å². The molecule has 0 aromatic heterocycles. The number of carbonyl (C=O) groups is 8. The molecule has 0 spiro atoms. The highest BCUT2D eigenvalue weighted by atomic mass is 16.7. The molecule has 10 atom stereocenters. The molecule has 2 aliphatic heterocycles. The van der Waals surface area contributed by atoms with Crippen molar-refractivity contribution in [1.29, 1.82) is 0 Å². The van der Waals surface area contributed by atoms with Crippen LogP contribution in [0.5, 0.6) is 11.5 Å². The topological polar surface area (TPSA) is 247 Å². The minimum absolute atomic E-state index is 0.0883. The first-order valence-corrected chi connectivity index (χ1v) is 17.8. The molecule has 4 rings (SSSR count). The van der Waals surface area contributed by atoms with Crippen molar-refractivity contribution in [2.24, 2.45) is 0 Å². The van der Waals surface area contributed by atoms with E-state index in [9.17, 15) is 38.4 Å². The van der Waals surface area contributed by atoms with E-state index in [4.69, 9.17) is 56.8 Å². The van der Waals surface area contributed by atoms with E-state index in [1.165, 1.54) is 12.1 Å². The van der Waals surface area contributed by atoms with Gasteiger partial charge in [0, 0.05) is 66.2 Å². The van der Waals surface area contributed by atoms with Gasteiger partial charge in [-0.3, -0.25) is 38.4 Å². The fourth-order valence-electron chi connectivity index (χ4n) is 6.27. The minimum Gasteiger partial charge on any atom is -0.463 e. The Bertz CT molecular complexity index is 1740. The predicted molar refractivity (Wildman–Crippen MR) is 189 cm³/mol. The number of ether oxygens (including phenoxy) is 12. The van der Waals surface area contributed by atoms with Gasteiger partial charge in [-0.15, -0.1) is 0 Å². The smallest absolute Gasteiger partial charge is 0.303 e. The maximum absolute atomic E-state index is 12.4. The Balaban J connectivity index is 1.78. The molecule has 0 saturated carbocycles. The summed E-state index contributed by atoms with van der Waals surface area (Å²) in [4.78, 5) is 97.2.